The maximum absolute atomic E-state index is 12.2. The molecular formula is C53H114O4PS2VW-. The van der Waals surface area contributed by atoms with E-state index in [1.807, 2.05) is 48.2 Å². The van der Waals surface area contributed by atoms with Crippen molar-refractivity contribution in [2.75, 3.05) is 42.0 Å². The van der Waals surface area contributed by atoms with E-state index in [1.54, 1.807) is 23.3 Å². The van der Waals surface area contributed by atoms with Crippen LogP contribution in [-0.2, 0) is 63.1 Å². The zero-order chi connectivity index (χ0) is 50.9. The summed E-state index contributed by atoms with van der Waals surface area (Å²) >= 11 is 1.68. The molecule has 0 aliphatic rings. The van der Waals surface area contributed by atoms with Gasteiger partial charge >= 0.3 is 88.5 Å². The predicted octanol–water partition coefficient (Wildman–Crippen LogP) is 17.0. The van der Waals surface area contributed by atoms with Gasteiger partial charge in [0.15, 0.2) is 9.84 Å². The van der Waals surface area contributed by atoms with Crippen LogP contribution in [-0.4, -0.2) is 58.5 Å². The first-order valence-corrected chi connectivity index (χ1v) is 30.5. The molecule has 4 nitrogen and oxygen atoms in total. The van der Waals surface area contributed by atoms with Gasteiger partial charge < -0.3 is 11.0 Å². The molecule has 0 aromatic carbocycles. The Morgan fingerprint density at radius 1 is 0.452 bits per heavy atom. The van der Waals surface area contributed by atoms with E-state index in [0.717, 1.165) is 23.8 Å². The summed E-state index contributed by atoms with van der Waals surface area (Å²) in [6, 6.07) is 0. The first kappa shape index (κ1) is 75.0. The van der Waals surface area contributed by atoms with Crippen molar-refractivity contribution in [3.8, 4) is 0 Å². The summed E-state index contributed by atoms with van der Waals surface area (Å²) in [4.78, 5) is 0. The third-order valence-corrected chi connectivity index (χ3v) is 16.3. The molecular weight excluding hydrogens is 1030 g/mol. The minimum absolute atomic E-state index is 0. The first-order chi connectivity index (χ1) is 25.7. The van der Waals surface area contributed by atoms with Gasteiger partial charge in [-0.1, -0.05) is 177 Å². The molecule has 62 heavy (non-hydrogen) atoms. The standard InChI is InChI=1S/C11H25OP.C11H23.C11H22.C10H22O2S.C10H22OS.V.W/c1-10(2,3)8-13(7,12)9-11(4,5)6;2*1-10(2,3)8-7-9-11(4,5)6;1-9(2,3)7-13(11,12)8-10(4,5)6;1-9(2,3)7-12(11)8-10(4,5)6;;/h8-9H2,1-7H3;7H,8-9H2,1-6H3;8-9H2,1-6H3;7-8H2,1-6H3;7-8H2,1-6H3;;/q;-1;;;;;. The average molecular weight is 1150 g/mol. The molecule has 9 heteroatoms. The van der Waals surface area contributed by atoms with Gasteiger partial charge in [-0.05, 0) is 39.2 Å². The van der Waals surface area contributed by atoms with Crippen LogP contribution in [0.4, 0.5) is 0 Å². The third kappa shape index (κ3) is 78.6. The van der Waals surface area contributed by atoms with Crippen LogP contribution in [0, 0.1) is 60.6 Å². The van der Waals surface area contributed by atoms with Gasteiger partial charge in [0.2, 0.25) is 0 Å². The van der Waals surface area contributed by atoms with Crippen molar-refractivity contribution in [1.29, 1.82) is 0 Å². The third-order valence-electron chi connectivity index (χ3n) is 7.08. The second kappa shape index (κ2) is 28.8. The van der Waals surface area contributed by atoms with Gasteiger partial charge in [0.05, 0.1) is 18.6 Å². The van der Waals surface area contributed by atoms with E-state index in [-0.39, 0.29) is 62.6 Å². The Bertz CT molecular complexity index is 1250. The molecule has 0 spiro atoms. The van der Waals surface area contributed by atoms with E-state index in [4.69, 9.17) is 0 Å². The number of hydrogen-bond acceptors (Lipinski definition) is 4. The molecule has 0 unspecified atom stereocenters. The number of sulfone groups is 1. The SMILES string of the molecule is CC(C)(C)CP(C)(=O)CC(C)(C)C.CC(C)(C)CS(=O)(=O)CC(C)(C)C.CC(C)(C)CS(=O)CC(C)(C)C.CC(C)(C)C[CH-]CC(C)(C)C.CC(C)(C)C[C](=[W])CC(C)(C)C.[V]. The van der Waals surface area contributed by atoms with Gasteiger partial charge in [-0.25, -0.2) is 8.42 Å². The molecule has 0 bridgehead atoms. The van der Waals surface area contributed by atoms with Crippen LogP contribution in [0.15, 0.2) is 0 Å². The van der Waals surface area contributed by atoms with E-state index in [0.29, 0.717) is 21.7 Å². The van der Waals surface area contributed by atoms with Crippen molar-refractivity contribution in [3.05, 3.63) is 6.42 Å². The molecule has 0 N–H and O–H groups in total. The largest absolute Gasteiger partial charge is 0 e. The molecule has 0 saturated carbocycles. The van der Waals surface area contributed by atoms with Crippen molar-refractivity contribution in [2.45, 2.75) is 233 Å². The van der Waals surface area contributed by atoms with Crippen LogP contribution < -0.4 is 0 Å². The van der Waals surface area contributed by atoms with E-state index in [9.17, 15) is 17.2 Å². The molecule has 0 aliphatic heterocycles. The van der Waals surface area contributed by atoms with Crippen molar-refractivity contribution in [3.63, 3.8) is 0 Å². The Hall–Kier alpha value is 1.47. The van der Waals surface area contributed by atoms with Crippen molar-refractivity contribution in [1.82, 2.24) is 0 Å². The fourth-order valence-corrected chi connectivity index (χ4v) is 18.6. The summed E-state index contributed by atoms with van der Waals surface area (Å²) in [6.07, 6.45) is 9.17. The molecule has 0 rings (SSSR count). The monoisotopic (exact) mass is 1140 g/mol. The van der Waals surface area contributed by atoms with Crippen LogP contribution in [0.5, 0.6) is 0 Å². The maximum Gasteiger partial charge on any atom is 0 e. The van der Waals surface area contributed by atoms with Gasteiger partial charge in [0.25, 0.3) is 0 Å². The Balaban J connectivity index is -0.000000158. The topological polar surface area (TPSA) is 68.3 Å². The van der Waals surface area contributed by atoms with E-state index >= 15 is 0 Å². The molecule has 0 atom stereocenters. The van der Waals surface area contributed by atoms with Crippen LogP contribution in [0.2, 0.25) is 0 Å². The summed E-state index contributed by atoms with van der Waals surface area (Å²) in [6.45, 7) is 67.0. The molecule has 0 amide bonds. The fourth-order valence-electron chi connectivity index (χ4n) is 6.63. The van der Waals surface area contributed by atoms with Gasteiger partial charge in [-0.15, -0.1) is 0 Å². The second-order valence-electron chi connectivity index (χ2n) is 30.6. The van der Waals surface area contributed by atoms with Gasteiger partial charge in [0, 0.05) is 53.2 Å². The molecule has 0 aromatic heterocycles. The maximum atomic E-state index is 12.2. The smallest absolute Gasteiger partial charge is 0 e. The Kier molecular flexibility index (Phi) is 34.9. The molecule has 0 fully saturated rings. The van der Waals surface area contributed by atoms with Crippen molar-refractivity contribution >= 4 is 31.7 Å². The average Bonchev–Trinajstić information content (AvgIpc) is 2.71. The van der Waals surface area contributed by atoms with Gasteiger partial charge in [-0.3, -0.25) is 4.21 Å². The summed E-state index contributed by atoms with van der Waals surface area (Å²) in [5.74, 6) is 2.17. The zero-order valence-corrected chi connectivity index (χ0v) is 54.8. The zero-order valence-electron chi connectivity index (χ0n) is 47.9. The predicted molar refractivity (Wildman–Crippen MR) is 282 cm³/mol. The van der Waals surface area contributed by atoms with Crippen LogP contribution in [0.3, 0.4) is 0 Å². The van der Waals surface area contributed by atoms with Gasteiger partial charge in [-0.2, -0.15) is 12.8 Å². The minimum Gasteiger partial charge on any atom is 0 e. The molecule has 0 heterocycles. The molecule has 0 saturated heterocycles. The molecule has 379 valence electrons. The van der Waals surface area contributed by atoms with Crippen LogP contribution in [0.1, 0.15) is 233 Å². The van der Waals surface area contributed by atoms with Crippen molar-refractivity contribution < 1.29 is 55.1 Å². The Morgan fingerprint density at radius 3 is 0.855 bits per heavy atom. The Morgan fingerprint density at radius 2 is 0.694 bits per heavy atom. The van der Waals surface area contributed by atoms with Crippen molar-refractivity contribution in [2.24, 2.45) is 54.1 Å². The van der Waals surface area contributed by atoms with E-state index in [2.05, 4.69) is 173 Å². The van der Waals surface area contributed by atoms with Gasteiger partial charge in [0.1, 0.15) is 0 Å². The normalized spacial score (nSPS) is 13.8. The number of hydrogen-bond donors (Lipinski definition) is 0. The molecule has 0 aromatic rings. The fraction of sp³-hybridized carbons (Fsp3) is 0.962. The summed E-state index contributed by atoms with van der Waals surface area (Å²) in [5, 5.41) is 0. The Labute approximate surface area is 419 Å². The van der Waals surface area contributed by atoms with Crippen LogP contribution in [0.25, 0.3) is 0 Å². The van der Waals surface area contributed by atoms with Crippen LogP contribution >= 0.6 is 7.14 Å². The second-order valence-corrected chi connectivity index (χ2v) is 39.4. The minimum atomic E-state index is -2.90. The summed E-state index contributed by atoms with van der Waals surface area (Å²) < 4.78 is 48.9. The molecule has 1 radical (unpaired) electrons. The summed E-state index contributed by atoms with van der Waals surface area (Å²) in [7, 11) is -5.49. The van der Waals surface area contributed by atoms with E-state index < -0.39 is 27.8 Å². The number of rotatable bonds is 10. The van der Waals surface area contributed by atoms with E-state index in [1.165, 1.54) is 25.7 Å². The first-order valence-electron chi connectivity index (χ1n) is 23.2. The molecule has 0 aliphatic carbocycles. The quantitative estimate of drug-likeness (QED) is 0.161. The summed E-state index contributed by atoms with van der Waals surface area (Å²) in [5.41, 5.74) is 2.37.